The van der Waals surface area contributed by atoms with Crippen molar-refractivity contribution < 1.29 is 8.78 Å². The van der Waals surface area contributed by atoms with Gasteiger partial charge in [0.1, 0.15) is 11.6 Å². The van der Waals surface area contributed by atoms with E-state index in [0.717, 1.165) is 32.0 Å². The summed E-state index contributed by atoms with van der Waals surface area (Å²) in [6.45, 7) is 1.67. The van der Waals surface area contributed by atoms with Crippen LogP contribution in [0.25, 0.3) is 0 Å². The molecule has 1 aromatic rings. The van der Waals surface area contributed by atoms with E-state index in [4.69, 9.17) is 0 Å². The number of nitrogens with one attached hydrogen (secondary N) is 1. The largest absolute Gasteiger partial charge is 0.363 e. The van der Waals surface area contributed by atoms with Gasteiger partial charge >= 0.3 is 0 Å². The Morgan fingerprint density at radius 1 is 1.24 bits per heavy atom. The molecule has 2 atom stereocenters. The Balaban J connectivity index is 1.91. The molecule has 2 nitrogen and oxygen atoms in total. The zero-order valence-electron chi connectivity index (χ0n) is 9.63. The lowest BCUT2D eigenvalue weighted by molar-refractivity contribution is 0.399. The van der Waals surface area contributed by atoms with E-state index in [0.29, 0.717) is 17.8 Å². The van der Waals surface area contributed by atoms with E-state index in [2.05, 4.69) is 10.2 Å². The van der Waals surface area contributed by atoms with Gasteiger partial charge in [-0.2, -0.15) is 0 Å². The Morgan fingerprint density at radius 2 is 2.12 bits per heavy atom. The molecule has 0 unspecified atom stereocenters. The highest BCUT2D eigenvalue weighted by Gasteiger charge is 2.35. The molecule has 0 amide bonds. The molecule has 92 valence electrons. The topological polar surface area (TPSA) is 15.3 Å². The summed E-state index contributed by atoms with van der Waals surface area (Å²) in [5, 5.41) is 3.47. The van der Waals surface area contributed by atoms with Crippen molar-refractivity contribution >= 4 is 5.69 Å². The van der Waals surface area contributed by atoms with E-state index in [1.54, 1.807) is 6.07 Å². The Morgan fingerprint density at radius 3 is 2.94 bits per heavy atom. The summed E-state index contributed by atoms with van der Waals surface area (Å²) in [6.07, 6.45) is 3.43. The predicted molar refractivity (Wildman–Crippen MR) is 63.1 cm³/mol. The van der Waals surface area contributed by atoms with Crippen molar-refractivity contribution in [3.05, 3.63) is 29.8 Å². The molecule has 4 heteroatoms. The molecule has 1 saturated carbocycles. The number of anilines is 1. The third-order valence-corrected chi connectivity index (χ3v) is 3.86. The first kappa shape index (κ1) is 11.0. The lowest BCUT2D eigenvalue weighted by Gasteiger charge is -2.40. The van der Waals surface area contributed by atoms with Crippen molar-refractivity contribution in [3.63, 3.8) is 0 Å². The Labute approximate surface area is 99.6 Å². The molecule has 2 aliphatic rings. The molecule has 0 aromatic heterocycles. The number of rotatable bonds is 1. The maximum absolute atomic E-state index is 13.8. The molecule has 1 N–H and O–H groups in total. The number of hydrogen-bond donors (Lipinski definition) is 1. The molecule has 3 rings (SSSR count). The summed E-state index contributed by atoms with van der Waals surface area (Å²) in [6, 6.07) is 4.70. The van der Waals surface area contributed by atoms with Crippen molar-refractivity contribution in [2.75, 3.05) is 18.0 Å². The van der Waals surface area contributed by atoms with E-state index >= 15 is 0 Å². The number of hydrogen-bond acceptors (Lipinski definition) is 2. The van der Waals surface area contributed by atoms with Crippen LogP contribution in [0.4, 0.5) is 14.5 Å². The summed E-state index contributed by atoms with van der Waals surface area (Å²) in [5.41, 5.74) is 0.546. The highest BCUT2D eigenvalue weighted by Crippen LogP contribution is 2.32. The number of nitrogens with zero attached hydrogens (tertiary/aromatic N) is 1. The fourth-order valence-electron chi connectivity index (χ4n) is 3.10. The van der Waals surface area contributed by atoms with E-state index in [-0.39, 0.29) is 0 Å². The van der Waals surface area contributed by atoms with Gasteiger partial charge in [-0.25, -0.2) is 8.78 Å². The van der Waals surface area contributed by atoms with Crippen molar-refractivity contribution in [1.82, 2.24) is 5.32 Å². The van der Waals surface area contributed by atoms with Crippen LogP contribution in [0, 0.1) is 11.6 Å². The van der Waals surface area contributed by atoms with Gasteiger partial charge in [0.15, 0.2) is 0 Å². The van der Waals surface area contributed by atoms with Crippen LogP contribution in [0.5, 0.6) is 0 Å². The summed E-state index contributed by atoms with van der Waals surface area (Å²) in [4.78, 5) is 2.10. The van der Waals surface area contributed by atoms with Crippen LogP contribution in [0.3, 0.4) is 0 Å². The molecule has 0 radical (unpaired) electrons. The summed E-state index contributed by atoms with van der Waals surface area (Å²) >= 11 is 0. The lowest BCUT2D eigenvalue weighted by Crippen LogP contribution is -2.55. The zero-order valence-corrected chi connectivity index (χ0v) is 9.63. The van der Waals surface area contributed by atoms with Crippen LogP contribution in [0.2, 0.25) is 0 Å². The summed E-state index contributed by atoms with van der Waals surface area (Å²) in [7, 11) is 0. The molecule has 1 aliphatic carbocycles. The van der Waals surface area contributed by atoms with Crippen LogP contribution in [-0.4, -0.2) is 25.2 Å². The molecular weight excluding hydrogens is 222 g/mol. The predicted octanol–water partition coefficient (Wildman–Crippen LogP) is 2.30. The van der Waals surface area contributed by atoms with Crippen molar-refractivity contribution in [2.24, 2.45) is 0 Å². The van der Waals surface area contributed by atoms with Gasteiger partial charge in [0.05, 0.1) is 5.69 Å². The molecule has 0 bridgehead atoms. The number of benzene rings is 1. The number of fused-ring (bicyclic) bond motifs is 1. The Bertz CT molecular complexity index is 422. The van der Waals surface area contributed by atoms with Crippen LogP contribution in [0.15, 0.2) is 18.2 Å². The van der Waals surface area contributed by atoms with Crippen molar-refractivity contribution in [3.8, 4) is 0 Å². The molecular formula is C13H16F2N2. The van der Waals surface area contributed by atoms with Crippen LogP contribution >= 0.6 is 0 Å². The molecule has 1 heterocycles. The molecule has 1 saturated heterocycles. The van der Waals surface area contributed by atoms with E-state index in [1.807, 2.05) is 0 Å². The normalized spacial score (nSPS) is 28.2. The standard InChI is InChI=1S/C13H16F2N2/c14-9-4-5-12(10(15)8-9)17-7-6-16-11-2-1-3-13(11)17/h4-5,8,11,13,16H,1-3,6-7H2/t11-,13+/m1/s1. The lowest BCUT2D eigenvalue weighted by atomic mass is 10.1. The van der Waals surface area contributed by atoms with Gasteiger partial charge in [-0.1, -0.05) is 0 Å². The van der Waals surface area contributed by atoms with Crippen LogP contribution in [0.1, 0.15) is 19.3 Å². The third-order valence-electron chi connectivity index (χ3n) is 3.86. The van der Waals surface area contributed by atoms with E-state index in [9.17, 15) is 8.78 Å². The van der Waals surface area contributed by atoms with E-state index in [1.165, 1.54) is 12.5 Å². The third kappa shape index (κ3) is 1.90. The first-order valence-corrected chi connectivity index (χ1v) is 6.21. The second-order valence-electron chi connectivity index (χ2n) is 4.85. The van der Waals surface area contributed by atoms with Gasteiger partial charge in [0, 0.05) is 31.2 Å². The Kier molecular flexibility index (Phi) is 2.74. The van der Waals surface area contributed by atoms with E-state index < -0.39 is 11.6 Å². The monoisotopic (exact) mass is 238 g/mol. The molecule has 0 spiro atoms. The maximum atomic E-state index is 13.8. The second-order valence-corrected chi connectivity index (χ2v) is 4.85. The zero-order chi connectivity index (χ0) is 11.8. The second kappa shape index (κ2) is 4.26. The first-order chi connectivity index (χ1) is 8.25. The minimum absolute atomic E-state index is 0.365. The SMILES string of the molecule is Fc1ccc(N2CCN[C@@H]3CCC[C@@H]32)c(F)c1. The minimum atomic E-state index is -0.510. The molecule has 1 aliphatic heterocycles. The highest BCUT2D eigenvalue weighted by atomic mass is 19.1. The Hall–Kier alpha value is -1.16. The fourth-order valence-corrected chi connectivity index (χ4v) is 3.10. The fraction of sp³-hybridized carbons (Fsp3) is 0.538. The van der Waals surface area contributed by atoms with Crippen molar-refractivity contribution in [2.45, 2.75) is 31.3 Å². The average Bonchev–Trinajstić information content (AvgIpc) is 2.77. The van der Waals surface area contributed by atoms with Gasteiger partial charge in [-0.15, -0.1) is 0 Å². The van der Waals surface area contributed by atoms with Gasteiger partial charge in [-0.05, 0) is 31.4 Å². The molecule has 1 aromatic carbocycles. The maximum Gasteiger partial charge on any atom is 0.149 e. The average molecular weight is 238 g/mol. The summed E-state index contributed by atoms with van der Waals surface area (Å²) in [5.74, 6) is -0.957. The van der Waals surface area contributed by atoms with Crippen LogP contribution < -0.4 is 10.2 Å². The minimum Gasteiger partial charge on any atom is -0.363 e. The van der Waals surface area contributed by atoms with Crippen molar-refractivity contribution in [1.29, 1.82) is 0 Å². The van der Waals surface area contributed by atoms with Gasteiger partial charge in [0.25, 0.3) is 0 Å². The highest BCUT2D eigenvalue weighted by molar-refractivity contribution is 5.50. The smallest absolute Gasteiger partial charge is 0.149 e. The van der Waals surface area contributed by atoms with Gasteiger partial charge in [-0.3, -0.25) is 0 Å². The molecule has 17 heavy (non-hydrogen) atoms. The molecule has 2 fully saturated rings. The quantitative estimate of drug-likeness (QED) is 0.807. The van der Waals surface area contributed by atoms with Gasteiger partial charge < -0.3 is 10.2 Å². The number of halogens is 2. The van der Waals surface area contributed by atoms with Crippen LogP contribution in [-0.2, 0) is 0 Å². The summed E-state index contributed by atoms with van der Waals surface area (Å²) < 4.78 is 26.7. The van der Waals surface area contributed by atoms with Gasteiger partial charge in [0.2, 0.25) is 0 Å². The first-order valence-electron chi connectivity index (χ1n) is 6.21. The number of piperazine rings is 1.